The number of carbonyl (C=O) groups is 4. The van der Waals surface area contributed by atoms with Gasteiger partial charge in [-0.1, -0.05) is 18.2 Å². The molecule has 3 rings (SSSR count). The van der Waals surface area contributed by atoms with Gasteiger partial charge in [-0.3, -0.25) is 19.2 Å². The lowest BCUT2D eigenvalue weighted by molar-refractivity contribution is -0.138. The zero-order chi connectivity index (χ0) is 24.7. The second-order valence-electron chi connectivity index (χ2n) is 7.85. The van der Waals surface area contributed by atoms with Gasteiger partial charge in [-0.2, -0.15) is 0 Å². The third kappa shape index (κ3) is 6.42. The van der Waals surface area contributed by atoms with Gasteiger partial charge in [0.05, 0.1) is 12.4 Å². The van der Waals surface area contributed by atoms with Crippen molar-refractivity contribution in [2.45, 2.75) is 37.9 Å². The third-order valence-corrected chi connectivity index (χ3v) is 5.23. The molecule has 2 aromatic heterocycles. The van der Waals surface area contributed by atoms with Crippen LogP contribution in [-0.2, 0) is 32.0 Å². The molecule has 3 unspecified atom stereocenters. The number of imidazole rings is 1. The number of benzene rings is 1. The predicted molar refractivity (Wildman–Crippen MR) is 122 cm³/mol. The van der Waals surface area contributed by atoms with Crippen molar-refractivity contribution in [3.05, 3.63) is 54.2 Å². The minimum atomic E-state index is -1.22. The van der Waals surface area contributed by atoms with Crippen molar-refractivity contribution in [2.75, 3.05) is 6.54 Å². The zero-order valence-corrected chi connectivity index (χ0v) is 18.5. The summed E-state index contributed by atoms with van der Waals surface area (Å²) in [6.07, 6.45) is 5.02. The van der Waals surface area contributed by atoms with E-state index in [0.29, 0.717) is 5.69 Å². The first-order chi connectivity index (χ1) is 16.2. The molecule has 0 spiro atoms. The molecule has 0 radical (unpaired) electrons. The minimum absolute atomic E-state index is 0.0535. The van der Waals surface area contributed by atoms with E-state index in [1.54, 1.807) is 6.20 Å². The smallest absolute Gasteiger partial charge is 0.322 e. The molecule has 0 aliphatic heterocycles. The van der Waals surface area contributed by atoms with Crippen LogP contribution in [0.5, 0.6) is 0 Å². The number of hydrogen-bond donors (Lipinski definition) is 7. The topological polar surface area (TPSA) is 195 Å². The van der Waals surface area contributed by atoms with Gasteiger partial charge in [-0.05, 0) is 25.0 Å². The molecule has 0 bridgehead atoms. The van der Waals surface area contributed by atoms with Crippen LogP contribution in [0, 0.1) is 0 Å². The minimum Gasteiger partial charge on any atom is -0.480 e. The Balaban J connectivity index is 1.58. The number of fused-ring (bicyclic) bond motifs is 1. The fourth-order valence-electron chi connectivity index (χ4n) is 3.42. The van der Waals surface area contributed by atoms with Crippen LogP contribution < -0.4 is 21.7 Å². The van der Waals surface area contributed by atoms with Crippen LogP contribution in [0.4, 0.5) is 0 Å². The largest absolute Gasteiger partial charge is 0.480 e. The van der Waals surface area contributed by atoms with Crippen molar-refractivity contribution >= 4 is 34.6 Å². The summed E-state index contributed by atoms with van der Waals surface area (Å²) >= 11 is 0. The number of H-pyrrole nitrogens is 2. The van der Waals surface area contributed by atoms with E-state index in [-0.39, 0.29) is 12.8 Å². The first kappa shape index (κ1) is 24.5. The number of aromatic nitrogens is 3. The Morgan fingerprint density at radius 3 is 2.53 bits per heavy atom. The fourth-order valence-corrected chi connectivity index (χ4v) is 3.42. The van der Waals surface area contributed by atoms with Crippen LogP contribution >= 0.6 is 0 Å². The summed E-state index contributed by atoms with van der Waals surface area (Å²) in [6, 6.07) is 4.68. The molecular weight excluding hydrogens is 442 g/mol. The van der Waals surface area contributed by atoms with Crippen LogP contribution in [0.2, 0.25) is 0 Å². The Morgan fingerprint density at radius 1 is 1.06 bits per heavy atom. The number of nitrogens with two attached hydrogens (primary N) is 1. The summed E-state index contributed by atoms with van der Waals surface area (Å²) in [5.74, 6) is -3.04. The quantitative estimate of drug-likeness (QED) is 0.191. The van der Waals surface area contributed by atoms with Crippen molar-refractivity contribution in [3.8, 4) is 0 Å². The molecule has 2 heterocycles. The van der Waals surface area contributed by atoms with E-state index in [1.807, 2.05) is 24.3 Å². The molecular formula is C22H27N7O5. The van der Waals surface area contributed by atoms with E-state index < -0.39 is 48.4 Å². The molecule has 1 aromatic carbocycles. The molecule has 180 valence electrons. The van der Waals surface area contributed by atoms with E-state index in [9.17, 15) is 19.2 Å². The van der Waals surface area contributed by atoms with Gasteiger partial charge in [0, 0.05) is 35.4 Å². The highest BCUT2D eigenvalue weighted by atomic mass is 16.4. The Hall–Kier alpha value is -4.19. The second-order valence-corrected chi connectivity index (χ2v) is 7.85. The summed E-state index contributed by atoms with van der Waals surface area (Å²) in [4.78, 5) is 58.3. The second kappa shape index (κ2) is 11.1. The summed E-state index contributed by atoms with van der Waals surface area (Å²) < 4.78 is 0. The first-order valence-corrected chi connectivity index (χ1v) is 10.6. The maximum Gasteiger partial charge on any atom is 0.322 e. The molecule has 12 nitrogen and oxygen atoms in total. The zero-order valence-electron chi connectivity index (χ0n) is 18.5. The lowest BCUT2D eigenvalue weighted by Gasteiger charge is -2.21. The van der Waals surface area contributed by atoms with Gasteiger partial charge in [-0.15, -0.1) is 0 Å². The normalized spacial score (nSPS) is 13.6. The number of rotatable bonds is 11. The standard InChI is InChI=1S/C22H27N7O5/c1-12(28-21(33)16(23)6-13-8-25-17-5-3-2-4-15(13)17)20(32)29-18(7-14-9-24-11-27-14)22(34)26-10-19(30)31/h2-5,8-9,11-12,16,18,25H,6-7,10,23H2,1H3,(H,24,27)(H,26,34)(H,28,33)(H,29,32)(H,30,31). The van der Waals surface area contributed by atoms with Gasteiger partial charge in [0.25, 0.3) is 0 Å². The van der Waals surface area contributed by atoms with Gasteiger partial charge >= 0.3 is 5.97 Å². The molecule has 34 heavy (non-hydrogen) atoms. The number of hydrogen-bond acceptors (Lipinski definition) is 6. The van der Waals surface area contributed by atoms with Crippen molar-refractivity contribution in [3.63, 3.8) is 0 Å². The number of carbonyl (C=O) groups excluding carboxylic acids is 3. The molecule has 0 aliphatic rings. The molecule has 3 amide bonds. The molecule has 0 saturated carbocycles. The number of para-hydroxylation sites is 1. The highest BCUT2D eigenvalue weighted by molar-refractivity contribution is 5.94. The van der Waals surface area contributed by atoms with E-state index in [1.165, 1.54) is 19.4 Å². The molecule has 0 saturated heterocycles. The molecule has 3 aromatic rings. The van der Waals surface area contributed by atoms with Gasteiger partial charge in [0.1, 0.15) is 18.6 Å². The van der Waals surface area contributed by atoms with Gasteiger partial charge in [0.2, 0.25) is 17.7 Å². The summed E-state index contributed by atoms with van der Waals surface area (Å²) in [7, 11) is 0. The lowest BCUT2D eigenvalue weighted by Crippen LogP contribution is -2.55. The number of aliphatic carboxylic acids is 1. The molecule has 3 atom stereocenters. The summed E-state index contributed by atoms with van der Waals surface area (Å²) in [6.45, 7) is 0.872. The Morgan fingerprint density at radius 2 is 1.82 bits per heavy atom. The van der Waals surface area contributed by atoms with Crippen LogP contribution in [0.1, 0.15) is 18.2 Å². The third-order valence-electron chi connectivity index (χ3n) is 5.23. The van der Waals surface area contributed by atoms with E-state index in [4.69, 9.17) is 10.8 Å². The highest BCUT2D eigenvalue weighted by Crippen LogP contribution is 2.18. The van der Waals surface area contributed by atoms with Crippen LogP contribution in [0.3, 0.4) is 0 Å². The van der Waals surface area contributed by atoms with Crippen molar-refractivity contribution in [1.29, 1.82) is 0 Å². The van der Waals surface area contributed by atoms with Crippen LogP contribution in [0.25, 0.3) is 10.9 Å². The molecule has 0 fully saturated rings. The number of amides is 3. The van der Waals surface area contributed by atoms with E-state index in [0.717, 1.165) is 16.5 Å². The lowest BCUT2D eigenvalue weighted by atomic mass is 10.0. The van der Waals surface area contributed by atoms with E-state index in [2.05, 4.69) is 30.9 Å². The first-order valence-electron chi connectivity index (χ1n) is 10.6. The number of aromatic amines is 2. The van der Waals surface area contributed by atoms with Crippen molar-refractivity contribution in [2.24, 2.45) is 5.73 Å². The average Bonchev–Trinajstić information content (AvgIpc) is 3.47. The maximum absolute atomic E-state index is 12.7. The molecule has 0 aliphatic carbocycles. The maximum atomic E-state index is 12.7. The molecule has 12 heteroatoms. The van der Waals surface area contributed by atoms with Gasteiger partial charge in [-0.25, -0.2) is 4.98 Å². The Kier molecular flexibility index (Phi) is 7.98. The summed E-state index contributed by atoms with van der Waals surface area (Å²) in [5.41, 5.74) is 8.44. The van der Waals surface area contributed by atoms with Gasteiger partial charge in [0.15, 0.2) is 0 Å². The summed E-state index contributed by atoms with van der Waals surface area (Å²) in [5, 5.41) is 17.1. The van der Waals surface area contributed by atoms with Crippen molar-refractivity contribution in [1.82, 2.24) is 30.9 Å². The number of carboxylic acid groups (broad SMARTS) is 1. The van der Waals surface area contributed by atoms with Gasteiger partial charge < -0.3 is 36.8 Å². The van der Waals surface area contributed by atoms with Crippen molar-refractivity contribution < 1.29 is 24.3 Å². The Bertz CT molecular complexity index is 1160. The monoisotopic (exact) mass is 469 g/mol. The number of nitrogens with one attached hydrogen (secondary N) is 5. The number of carboxylic acids is 1. The number of nitrogens with zero attached hydrogens (tertiary/aromatic N) is 1. The highest BCUT2D eigenvalue weighted by Gasteiger charge is 2.26. The fraction of sp³-hybridized carbons (Fsp3) is 0.318. The average molecular weight is 470 g/mol. The van der Waals surface area contributed by atoms with Crippen LogP contribution in [-0.4, -0.2) is 68.4 Å². The predicted octanol–water partition coefficient (Wildman–Crippen LogP) is -0.806. The van der Waals surface area contributed by atoms with E-state index >= 15 is 0 Å². The SMILES string of the molecule is CC(NC(=O)C(N)Cc1c[nH]c2ccccc12)C(=O)NC(Cc1cnc[nH]1)C(=O)NCC(=O)O. The molecule has 8 N–H and O–H groups in total. The van der Waals surface area contributed by atoms with Crippen LogP contribution in [0.15, 0.2) is 43.0 Å². The Labute approximate surface area is 194 Å².